The molecule has 152 valence electrons. The molecular weight excluding hydrogens is 380 g/mol. The van der Waals surface area contributed by atoms with E-state index >= 15 is 0 Å². The number of rotatable bonds is 6. The summed E-state index contributed by atoms with van der Waals surface area (Å²) in [4.78, 5) is 18.7. The van der Waals surface area contributed by atoms with Crippen LogP contribution in [-0.2, 0) is 21.4 Å². The fourth-order valence-corrected chi connectivity index (χ4v) is 4.54. The van der Waals surface area contributed by atoms with Crippen LogP contribution < -0.4 is 0 Å². The van der Waals surface area contributed by atoms with Gasteiger partial charge in [-0.15, -0.1) is 0 Å². The highest BCUT2D eigenvalue weighted by Crippen LogP contribution is 2.23. The van der Waals surface area contributed by atoms with Crippen molar-refractivity contribution < 1.29 is 17.7 Å². The zero-order valence-corrected chi connectivity index (χ0v) is 17.3. The lowest BCUT2D eigenvalue weighted by molar-refractivity contribution is -0.136. The third-order valence-electron chi connectivity index (χ3n) is 5.16. The van der Waals surface area contributed by atoms with Crippen molar-refractivity contribution in [3.05, 3.63) is 35.7 Å². The fourth-order valence-electron chi connectivity index (χ4n) is 3.41. The van der Waals surface area contributed by atoms with Gasteiger partial charge in [0.15, 0.2) is 0 Å². The van der Waals surface area contributed by atoms with Gasteiger partial charge in [-0.25, -0.2) is 12.7 Å². The van der Waals surface area contributed by atoms with E-state index in [9.17, 15) is 13.2 Å². The summed E-state index contributed by atoms with van der Waals surface area (Å²) in [7, 11) is -1.49. The molecule has 8 nitrogen and oxygen atoms in total. The van der Waals surface area contributed by atoms with Gasteiger partial charge >= 0.3 is 0 Å². The Labute approximate surface area is 165 Å². The molecule has 1 aromatic heterocycles. The van der Waals surface area contributed by atoms with Crippen LogP contribution >= 0.6 is 0 Å². The quantitative estimate of drug-likeness (QED) is 0.729. The molecule has 1 aliphatic heterocycles. The molecule has 0 N–H and O–H groups in total. The molecule has 1 fully saturated rings. The lowest BCUT2D eigenvalue weighted by atomic mass is 9.97. The van der Waals surface area contributed by atoms with Crippen molar-refractivity contribution in [3.8, 4) is 11.4 Å². The Kier molecular flexibility index (Phi) is 6.14. The summed E-state index contributed by atoms with van der Waals surface area (Å²) in [5.74, 6) is 0.759. The summed E-state index contributed by atoms with van der Waals surface area (Å²) in [6.45, 7) is 4.62. The molecule has 1 aliphatic rings. The van der Waals surface area contributed by atoms with E-state index in [1.165, 1.54) is 4.31 Å². The molecule has 1 amide bonds. The minimum atomic E-state index is -3.19. The van der Waals surface area contributed by atoms with E-state index in [1.807, 2.05) is 31.2 Å². The molecule has 0 spiro atoms. The summed E-state index contributed by atoms with van der Waals surface area (Å²) in [6.07, 6.45) is 1.06. The van der Waals surface area contributed by atoms with Gasteiger partial charge in [0.1, 0.15) is 0 Å². The number of amides is 1. The van der Waals surface area contributed by atoms with E-state index in [2.05, 4.69) is 10.1 Å². The summed E-state index contributed by atoms with van der Waals surface area (Å²) in [5, 5.41) is 4.02. The van der Waals surface area contributed by atoms with Crippen LogP contribution in [0.3, 0.4) is 0 Å². The van der Waals surface area contributed by atoms with Crippen LogP contribution in [0.2, 0.25) is 0 Å². The molecule has 3 rings (SSSR count). The van der Waals surface area contributed by atoms with Crippen LogP contribution in [0.5, 0.6) is 0 Å². The minimum Gasteiger partial charge on any atom is -0.337 e. The van der Waals surface area contributed by atoms with Gasteiger partial charge in [0, 0.05) is 31.6 Å². The van der Waals surface area contributed by atoms with E-state index in [-0.39, 0.29) is 24.1 Å². The van der Waals surface area contributed by atoms with E-state index in [1.54, 1.807) is 18.9 Å². The number of carbonyl (C=O) groups excluding carboxylic acids is 1. The highest BCUT2D eigenvalue weighted by atomic mass is 32.2. The first kappa shape index (κ1) is 20.5. The fraction of sp³-hybridized carbons (Fsp3) is 0.526. The average molecular weight is 407 g/mol. The van der Waals surface area contributed by atoms with Crippen molar-refractivity contribution in [2.45, 2.75) is 33.2 Å². The number of piperidine rings is 1. The van der Waals surface area contributed by atoms with E-state index in [4.69, 9.17) is 4.52 Å². The maximum atomic E-state index is 12.7. The van der Waals surface area contributed by atoms with Crippen molar-refractivity contribution in [1.29, 1.82) is 0 Å². The molecule has 2 aromatic rings. The van der Waals surface area contributed by atoms with Gasteiger partial charge in [-0.3, -0.25) is 4.79 Å². The number of sulfonamides is 1. The summed E-state index contributed by atoms with van der Waals surface area (Å²) in [6, 6.07) is 7.77. The molecule has 0 aliphatic carbocycles. The first-order chi connectivity index (χ1) is 13.3. The highest BCUT2D eigenvalue weighted by Gasteiger charge is 2.31. The van der Waals surface area contributed by atoms with E-state index < -0.39 is 10.0 Å². The number of nitrogens with zero attached hydrogens (tertiary/aromatic N) is 4. The van der Waals surface area contributed by atoms with Crippen LogP contribution in [0.4, 0.5) is 0 Å². The summed E-state index contributed by atoms with van der Waals surface area (Å²) < 4.78 is 30.7. The van der Waals surface area contributed by atoms with Crippen LogP contribution in [0.1, 0.15) is 31.2 Å². The maximum absolute atomic E-state index is 12.7. The smallest absolute Gasteiger partial charge is 0.246 e. The standard InChI is InChI=1S/C19H26N4O4S/c1-4-28(25,26)23-11-9-15(10-12-23)19(24)22(3)13-17-20-18(21-27-17)16-8-6-5-7-14(16)2/h5-8,15H,4,9-13H2,1-3H3. The lowest BCUT2D eigenvalue weighted by Gasteiger charge is -2.32. The zero-order chi connectivity index (χ0) is 20.3. The molecule has 0 unspecified atom stereocenters. The Balaban J connectivity index is 1.59. The largest absolute Gasteiger partial charge is 0.337 e. The molecule has 0 bridgehead atoms. The van der Waals surface area contributed by atoms with Gasteiger partial charge in [-0.05, 0) is 32.3 Å². The Hall–Kier alpha value is -2.26. The average Bonchev–Trinajstić information content (AvgIpc) is 3.16. The Bertz CT molecular complexity index is 933. The molecule has 9 heteroatoms. The number of aromatic nitrogens is 2. The van der Waals surface area contributed by atoms with Crippen LogP contribution in [-0.4, -0.2) is 59.6 Å². The summed E-state index contributed by atoms with van der Waals surface area (Å²) >= 11 is 0. The molecule has 1 saturated heterocycles. The normalized spacial score (nSPS) is 16.2. The Morgan fingerprint density at radius 3 is 2.61 bits per heavy atom. The lowest BCUT2D eigenvalue weighted by Crippen LogP contribution is -2.43. The Morgan fingerprint density at radius 1 is 1.29 bits per heavy atom. The van der Waals surface area contributed by atoms with Gasteiger partial charge in [-0.2, -0.15) is 4.98 Å². The number of hydrogen-bond acceptors (Lipinski definition) is 6. The van der Waals surface area contributed by atoms with E-state index in [0.717, 1.165) is 11.1 Å². The summed E-state index contributed by atoms with van der Waals surface area (Å²) in [5.41, 5.74) is 1.95. The van der Waals surface area contributed by atoms with Gasteiger partial charge in [-0.1, -0.05) is 29.4 Å². The predicted octanol–water partition coefficient (Wildman–Crippen LogP) is 2.07. The number of carbonyl (C=O) groups is 1. The van der Waals surface area contributed by atoms with Gasteiger partial charge < -0.3 is 9.42 Å². The molecule has 0 atom stereocenters. The first-order valence-corrected chi connectivity index (χ1v) is 11.0. The molecule has 1 aromatic carbocycles. The van der Waals surface area contributed by atoms with Crippen molar-refractivity contribution >= 4 is 15.9 Å². The highest BCUT2D eigenvalue weighted by molar-refractivity contribution is 7.89. The molecule has 2 heterocycles. The number of aryl methyl sites for hydroxylation is 1. The molecule has 0 saturated carbocycles. The van der Waals surface area contributed by atoms with Crippen molar-refractivity contribution in [2.24, 2.45) is 5.92 Å². The third kappa shape index (κ3) is 4.41. The third-order valence-corrected chi connectivity index (χ3v) is 7.05. The molecule has 28 heavy (non-hydrogen) atoms. The molecular formula is C19H26N4O4S. The second-order valence-corrected chi connectivity index (χ2v) is 9.35. The monoisotopic (exact) mass is 406 g/mol. The topological polar surface area (TPSA) is 96.6 Å². The SMILES string of the molecule is CCS(=O)(=O)N1CCC(C(=O)N(C)Cc2nc(-c3ccccc3C)no2)CC1. The van der Waals surface area contributed by atoms with Crippen molar-refractivity contribution in [2.75, 3.05) is 25.9 Å². The second kappa shape index (κ2) is 8.40. The zero-order valence-electron chi connectivity index (χ0n) is 16.5. The number of hydrogen-bond donors (Lipinski definition) is 0. The van der Waals surface area contributed by atoms with Crippen LogP contribution in [0.25, 0.3) is 11.4 Å². The van der Waals surface area contributed by atoms with Crippen molar-refractivity contribution in [3.63, 3.8) is 0 Å². The molecule has 0 radical (unpaired) electrons. The second-order valence-electron chi connectivity index (χ2n) is 7.09. The Morgan fingerprint density at radius 2 is 1.96 bits per heavy atom. The van der Waals surface area contributed by atoms with Gasteiger partial charge in [0.05, 0.1) is 12.3 Å². The maximum Gasteiger partial charge on any atom is 0.246 e. The van der Waals surface area contributed by atoms with Gasteiger partial charge in [0.2, 0.25) is 27.6 Å². The van der Waals surface area contributed by atoms with E-state index in [0.29, 0.717) is 37.6 Å². The van der Waals surface area contributed by atoms with Gasteiger partial charge in [0.25, 0.3) is 0 Å². The number of benzene rings is 1. The van der Waals surface area contributed by atoms with Crippen molar-refractivity contribution in [1.82, 2.24) is 19.3 Å². The van der Waals surface area contributed by atoms with Crippen LogP contribution in [0, 0.1) is 12.8 Å². The minimum absolute atomic E-state index is 0.0239. The predicted molar refractivity (Wildman–Crippen MR) is 105 cm³/mol. The van der Waals surface area contributed by atoms with Crippen LogP contribution in [0.15, 0.2) is 28.8 Å². The first-order valence-electron chi connectivity index (χ1n) is 9.43.